The molecule has 0 spiro atoms. The van der Waals surface area contributed by atoms with E-state index in [4.69, 9.17) is 9.26 Å². The van der Waals surface area contributed by atoms with Crippen molar-refractivity contribution in [3.8, 4) is 0 Å². The molecule has 26 heavy (non-hydrogen) atoms. The highest BCUT2D eigenvalue weighted by atomic mass is 32.2. The van der Waals surface area contributed by atoms with E-state index in [1.807, 2.05) is 0 Å². The van der Waals surface area contributed by atoms with E-state index in [1.54, 1.807) is 21.0 Å². The lowest BCUT2D eigenvalue weighted by atomic mass is 9.91. The van der Waals surface area contributed by atoms with Crippen LogP contribution in [0.3, 0.4) is 0 Å². The Labute approximate surface area is 153 Å². The van der Waals surface area contributed by atoms with Crippen LogP contribution >= 0.6 is 0 Å². The third-order valence-corrected chi connectivity index (χ3v) is 7.05. The van der Waals surface area contributed by atoms with Crippen molar-refractivity contribution in [1.29, 1.82) is 0 Å². The van der Waals surface area contributed by atoms with Crippen molar-refractivity contribution in [2.24, 2.45) is 0 Å². The van der Waals surface area contributed by atoms with Crippen LogP contribution in [-0.4, -0.2) is 49.7 Å². The Morgan fingerprint density at radius 3 is 2.58 bits per heavy atom. The SMILES string of the molecule is C=C(C(=O)Nc1cc(C(C)(C)CO)no1)S(=O)(=O)C1CCC(OC)CC1. The Balaban J connectivity index is 2.04. The van der Waals surface area contributed by atoms with Crippen LogP contribution in [0.15, 0.2) is 22.1 Å². The lowest BCUT2D eigenvalue weighted by molar-refractivity contribution is -0.112. The number of carbonyl (C=O) groups is 1. The number of anilines is 1. The normalized spacial score (nSPS) is 21.4. The minimum Gasteiger partial charge on any atom is -0.395 e. The molecule has 0 radical (unpaired) electrons. The number of aliphatic hydroxyl groups is 1. The summed E-state index contributed by atoms with van der Waals surface area (Å²) in [7, 11) is -2.20. The van der Waals surface area contributed by atoms with Crippen LogP contribution in [0.25, 0.3) is 0 Å². The molecule has 9 heteroatoms. The zero-order valence-electron chi connectivity index (χ0n) is 15.3. The van der Waals surface area contributed by atoms with Gasteiger partial charge in [-0.15, -0.1) is 0 Å². The Hall–Kier alpha value is -1.71. The first kappa shape index (κ1) is 20.6. The van der Waals surface area contributed by atoms with Gasteiger partial charge in [-0.3, -0.25) is 10.1 Å². The van der Waals surface area contributed by atoms with E-state index in [1.165, 1.54) is 6.07 Å². The van der Waals surface area contributed by atoms with Gasteiger partial charge in [-0.05, 0) is 25.7 Å². The average molecular weight is 386 g/mol. The summed E-state index contributed by atoms with van der Waals surface area (Å²) >= 11 is 0. The lowest BCUT2D eigenvalue weighted by Gasteiger charge is -2.27. The average Bonchev–Trinajstić information content (AvgIpc) is 3.10. The molecule has 1 amide bonds. The number of aromatic nitrogens is 1. The molecule has 1 aromatic rings. The monoisotopic (exact) mass is 386 g/mol. The lowest BCUT2D eigenvalue weighted by Crippen LogP contribution is -2.33. The van der Waals surface area contributed by atoms with Crippen molar-refractivity contribution in [2.45, 2.75) is 56.3 Å². The van der Waals surface area contributed by atoms with E-state index in [-0.39, 0.29) is 18.6 Å². The maximum absolute atomic E-state index is 12.6. The fourth-order valence-corrected chi connectivity index (χ4v) is 4.43. The van der Waals surface area contributed by atoms with Crippen LogP contribution in [0.4, 0.5) is 5.88 Å². The first-order valence-corrected chi connectivity index (χ1v) is 10.0. The van der Waals surface area contributed by atoms with Gasteiger partial charge in [-0.2, -0.15) is 0 Å². The van der Waals surface area contributed by atoms with Crippen LogP contribution in [0, 0.1) is 0 Å². The zero-order chi connectivity index (χ0) is 19.5. The molecule has 1 aromatic heterocycles. The predicted molar refractivity (Wildman–Crippen MR) is 96.4 cm³/mol. The number of nitrogens with one attached hydrogen (secondary N) is 1. The fourth-order valence-electron chi connectivity index (χ4n) is 2.82. The van der Waals surface area contributed by atoms with E-state index in [2.05, 4.69) is 17.1 Å². The first-order valence-electron chi connectivity index (χ1n) is 8.47. The van der Waals surface area contributed by atoms with Gasteiger partial charge in [0.15, 0.2) is 9.84 Å². The van der Waals surface area contributed by atoms with Crippen LogP contribution in [0.2, 0.25) is 0 Å². The molecule has 0 aromatic carbocycles. The number of carbonyl (C=O) groups excluding carboxylic acids is 1. The van der Waals surface area contributed by atoms with E-state index in [0.29, 0.717) is 31.4 Å². The molecule has 146 valence electrons. The molecular formula is C17H26N2O6S. The highest BCUT2D eigenvalue weighted by molar-refractivity contribution is 7.96. The number of methoxy groups -OCH3 is 1. The van der Waals surface area contributed by atoms with Crippen LogP contribution in [-0.2, 0) is 24.8 Å². The molecule has 2 rings (SSSR count). The molecule has 1 aliphatic rings. The van der Waals surface area contributed by atoms with E-state index in [9.17, 15) is 18.3 Å². The number of hydrogen-bond donors (Lipinski definition) is 2. The number of amides is 1. The third-order valence-electron chi connectivity index (χ3n) is 4.83. The number of hydrogen-bond acceptors (Lipinski definition) is 7. The molecule has 2 N–H and O–H groups in total. The van der Waals surface area contributed by atoms with Crippen molar-refractivity contribution in [1.82, 2.24) is 5.16 Å². The van der Waals surface area contributed by atoms with E-state index >= 15 is 0 Å². The third kappa shape index (κ3) is 4.33. The number of nitrogens with zero attached hydrogens (tertiary/aromatic N) is 1. The maximum Gasteiger partial charge on any atom is 0.268 e. The molecule has 0 aliphatic heterocycles. The fraction of sp³-hybridized carbons (Fsp3) is 0.647. The molecule has 0 saturated heterocycles. The Morgan fingerprint density at radius 1 is 1.42 bits per heavy atom. The van der Waals surface area contributed by atoms with Gasteiger partial charge in [0, 0.05) is 18.6 Å². The smallest absolute Gasteiger partial charge is 0.268 e. The van der Waals surface area contributed by atoms with E-state index in [0.717, 1.165) is 0 Å². The molecule has 8 nitrogen and oxygen atoms in total. The summed E-state index contributed by atoms with van der Waals surface area (Å²) < 4.78 is 35.5. The minimum atomic E-state index is -3.80. The minimum absolute atomic E-state index is 0.00552. The molecule has 1 heterocycles. The second-order valence-corrected chi connectivity index (χ2v) is 9.42. The molecular weight excluding hydrogens is 360 g/mol. The van der Waals surface area contributed by atoms with Gasteiger partial charge >= 0.3 is 0 Å². The molecule has 0 atom stereocenters. The van der Waals surface area contributed by atoms with E-state index < -0.39 is 31.3 Å². The van der Waals surface area contributed by atoms with Gasteiger partial charge in [0.2, 0.25) is 5.88 Å². The highest BCUT2D eigenvalue weighted by Gasteiger charge is 2.35. The van der Waals surface area contributed by atoms with Crippen LogP contribution in [0.5, 0.6) is 0 Å². The molecule has 0 bridgehead atoms. The standard InChI is InChI=1S/C17H26N2O6S/c1-11(26(22,23)13-7-5-12(24-4)6-8-13)16(21)18-15-9-14(19-25-15)17(2,3)10-20/h9,12-13,20H,1,5-8,10H2,2-4H3,(H,18,21). The summed E-state index contributed by atoms with van der Waals surface area (Å²) in [6, 6.07) is 1.46. The Morgan fingerprint density at radius 2 is 2.04 bits per heavy atom. The van der Waals surface area contributed by atoms with Crippen molar-refractivity contribution < 1.29 is 27.6 Å². The maximum atomic E-state index is 12.6. The Kier molecular flexibility index (Phi) is 6.25. The first-order chi connectivity index (χ1) is 12.1. The second kappa shape index (κ2) is 7.89. The van der Waals surface area contributed by atoms with Gasteiger partial charge < -0.3 is 14.4 Å². The topological polar surface area (TPSA) is 119 Å². The van der Waals surface area contributed by atoms with Gasteiger partial charge in [-0.1, -0.05) is 25.6 Å². The Bertz CT molecular complexity index is 760. The summed E-state index contributed by atoms with van der Waals surface area (Å²) in [4.78, 5) is 11.8. The van der Waals surface area contributed by atoms with Crippen LogP contribution in [0.1, 0.15) is 45.2 Å². The van der Waals surface area contributed by atoms with Crippen molar-refractivity contribution >= 4 is 21.6 Å². The van der Waals surface area contributed by atoms with Crippen LogP contribution < -0.4 is 5.32 Å². The second-order valence-electron chi connectivity index (χ2n) is 7.18. The van der Waals surface area contributed by atoms with Gasteiger partial charge in [-0.25, -0.2) is 8.42 Å². The largest absolute Gasteiger partial charge is 0.395 e. The van der Waals surface area contributed by atoms with Crippen molar-refractivity contribution in [3.63, 3.8) is 0 Å². The summed E-state index contributed by atoms with van der Waals surface area (Å²) in [6.07, 6.45) is 2.20. The van der Waals surface area contributed by atoms with Crippen molar-refractivity contribution in [2.75, 3.05) is 19.0 Å². The quantitative estimate of drug-likeness (QED) is 0.685. The molecule has 1 saturated carbocycles. The number of aliphatic hydroxyl groups excluding tert-OH is 1. The van der Waals surface area contributed by atoms with Gasteiger partial charge in [0.05, 0.1) is 23.7 Å². The molecule has 0 unspecified atom stereocenters. The predicted octanol–water partition coefficient (Wildman–Crippen LogP) is 1.77. The van der Waals surface area contributed by atoms with Crippen molar-refractivity contribution in [3.05, 3.63) is 23.2 Å². The summed E-state index contributed by atoms with van der Waals surface area (Å²) in [6.45, 7) is 6.84. The summed E-state index contributed by atoms with van der Waals surface area (Å²) in [5, 5.41) is 14.9. The highest BCUT2D eigenvalue weighted by Crippen LogP contribution is 2.30. The van der Waals surface area contributed by atoms with Gasteiger partial charge in [0.25, 0.3) is 5.91 Å². The number of ether oxygens (including phenoxy) is 1. The number of sulfone groups is 1. The van der Waals surface area contributed by atoms with Gasteiger partial charge in [0.1, 0.15) is 4.91 Å². The molecule has 1 aliphatic carbocycles. The summed E-state index contributed by atoms with van der Waals surface area (Å²) in [5.41, 5.74) is -0.197. The summed E-state index contributed by atoms with van der Waals surface area (Å²) in [5.74, 6) is -0.839. The number of rotatable bonds is 7. The molecule has 1 fully saturated rings. The zero-order valence-corrected chi connectivity index (χ0v) is 16.1.